The van der Waals surface area contributed by atoms with Crippen molar-refractivity contribution in [2.75, 3.05) is 13.1 Å². The average Bonchev–Trinajstić information content (AvgIpc) is 2.55. The summed E-state index contributed by atoms with van der Waals surface area (Å²) in [6.07, 6.45) is 8.31. The van der Waals surface area contributed by atoms with Crippen LogP contribution in [0.25, 0.3) is 0 Å². The van der Waals surface area contributed by atoms with E-state index in [0.717, 1.165) is 25.9 Å². The fourth-order valence-corrected chi connectivity index (χ4v) is 2.28. The molecule has 0 saturated carbocycles. The second kappa shape index (κ2) is 2.23. The number of fused-ring (bicyclic) bond motifs is 1. The van der Waals surface area contributed by atoms with Crippen LogP contribution in [-0.4, -0.2) is 34.7 Å². The lowest BCUT2D eigenvalue weighted by atomic mass is 9.94. The summed E-state index contributed by atoms with van der Waals surface area (Å²) < 4.78 is 0. The van der Waals surface area contributed by atoms with Crippen LogP contribution in [0.5, 0.6) is 0 Å². The van der Waals surface area contributed by atoms with Crippen molar-refractivity contribution < 1.29 is 5.11 Å². The lowest BCUT2D eigenvalue weighted by molar-refractivity contribution is 0.0700. The van der Waals surface area contributed by atoms with Gasteiger partial charge in [0.2, 0.25) is 0 Å². The molecule has 1 N–H and O–H groups in total. The number of terminal acetylenes is 1. The summed E-state index contributed by atoms with van der Waals surface area (Å²) in [7, 11) is 0. The summed E-state index contributed by atoms with van der Waals surface area (Å²) in [6, 6.07) is 0.257. The molecule has 60 valence electrons. The highest BCUT2D eigenvalue weighted by molar-refractivity contribution is 5.18. The van der Waals surface area contributed by atoms with Gasteiger partial charge in [0, 0.05) is 19.0 Å². The first-order valence-electron chi connectivity index (χ1n) is 4.20. The van der Waals surface area contributed by atoms with E-state index >= 15 is 0 Å². The van der Waals surface area contributed by atoms with Crippen molar-refractivity contribution in [1.29, 1.82) is 0 Å². The predicted molar refractivity (Wildman–Crippen MR) is 43.0 cm³/mol. The van der Waals surface area contributed by atoms with E-state index in [1.54, 1.807) is 0 Å². The van der Waals surface area contributed by atoms with Crippen molar-refractivity contribution in [3.05, 3.63) is 0 Å². The lowest BCUT2D eigenvalue weighted by Crippen LogP contribution is -2.39. The molecule has 11 heavy (non-hydrogen) atoms. The van der Waals surface area contributed by atoms with Gasteiger partial charge >= 0.3 is 0 Å². The highest BCUT2D eigenvalue weighted by atomic mass is 16.3. The van der Waals surface area contributed by atoms with Crippen LogP contribution in [-0.2, 0) is 0 Å². The van der Waals surface area contributed by atoms with Gasteiger partial charge in [-0.25, -0.2) is 0 Å². The summed E-state index contributed by atoms with van der Waals surface area (Å²) in [6.45, 7) is 2.10. The number of nitrogens with zero attached hydrogens (tertiary/aromatic N) is 1. The fraction of sp³-hybridized carbons (Fsp3) is 0.778. The summed E-state index contributed by atoms with van der Waals surface area (Å²) >= 11 is 0. The van der Waals surface area contributed by atoms with Crippen LogP contribution >= 0.6 is 0 Å². The first kappa shape index (κ1) is 7.15. The molecular formula is C9H13NO. The second-order valence-corrected chi connectivity index (χ2v) is 3.51. The van der Waals surface area contributed by atoms with Crippen LogP contribution in [0.2, 0.25) is 0 Å². The minimum Gasteiger partial charge on any atom is -0.376 e. The smallest absolute Gasteiger partial charge is 0.141 e. The maximum atomic E-state index is 9.89. The standard InChI is InChI=1S/C9H13NO/c1-2-9(11)5-7-10-6-3-4-8(9)10/h1,8,11H,3-7H2. The summed E-state index contributed by atoms with van der Waals surface area (Å²) in [5, 5.41) is 9.89. The largest absolute Gasteiger partial charge is 0.376 e. The molecule has 0 aliphatic carbocycles. The van der Waals surface area contributed by atoms with Crippen LogP contribution in [0.3, 0.4) is 0 Å². The van der Waals surface area contributed by atoms with Crippen molar-refractivity contribution >= 4 is 0 Å². The zero-order valence-electron chi connectivity index (χ0n) is 6.58. The van der Waals surface area contributed by atoms with E-state index in [0.29, 0.717) is 0 Å². The Hall–Kier alpha value is -0.520. The molecule has 0 spiro atoms. The van der Waals surface area contributed by atoms with Gasteiger partial charge in [0.1, 0.15) is 5.60 Å². The Labute approximate surface area is 67.2 Å². The minimum absolute atomic E-state index is 0.257. The molecule has 0 aromatic heterocycles. The molecule has 2 heterocycles. The van der Waals surface area contributed by atoms with Crippen molar-refractivity contribution in [2.45, 2.75) is 30.9 Å². The summed E-state index contributed by atoms with van der Waals surface area (Å²) in [4.78, 5) is 2.31. The fourth-order valence-electron chi connectivity index (χ4n) is 2.28. The molecule has 2 nitrogen and oxygen atoms in total. The van der Waals surface area contributed by atoms with E-state index in [4.69, 9.17) is 6.42 Å². The van der Waals surface area contributed by atoms with Gasteiger partial charge in [-0.3, -0.25) is 4.90 Å². The second-order valence-electron chi connectivity index (χ2n) is 3.51. The molecule has 2 aliphatic heterocycles. The Bertz CT molecular complexity index is 208. The maximum absolute atomic E-state index is 9.89. The third kappa shape index (κ3) is 0.885. The van der Waals surface area contributed by atoms with Crippen LogP contribution in [0.15, 0.2) is 0 Å². The van der Waals surface area contributed by atoms with E-state index in [9.17, 15) is 5.11 Å². The molecule has 2 saturated heterocycles. The van der Waals surface area contributed by atoms with E-state index in [1.807, 2.05) is 0 Å². The van der Waals surface area contributed by atoms with E-state index < -0.39 is 5.60 Å². The SMILES string of the molecule is C#CC1(O)CCN2CCCC21. The van der Waals surface area contributed by atoms with Crippen LogP contribution in [0, 0.1) is 12.3 Å². The lowest BCUT2D eigenvalue weighted by Gasteiger charge is -2.23. The van der Waals surface area contributed by atoms with Crippen LogP contribution in [0.4, 0.5) is 0 Å². The third-order valence-corrected chi connectivity index (χ3v) is 2.95. The molecule has 0 amide bonds. The van der Waals surface area contributed by atoms with Gasteiger partial charge in [-0.1, -0.05) is 5.92 Å². The summed E-state index contributed by atoms with van der Waals surface area (Å²) in [5.41, 5.74) is -0.809. The van der Waals surface area contributed by atoms with Crippen molar-refractivity contribution in [3.63, 3.8) is 0 Å². The quantitative estimate of drug-likeness (QED) is 0.501. The first-order chi connectivity index (χ1) is 5.26. The summed E-state index contributed by atoms with van der Waals surface area (Å²) in [5.74, 6) is 2.53. The normalized spacial score (nSPS) is 43.8. The molecule has 0 radical (unpaired) electrons. The molecule has 0 bridgehead atoms. The molecule has 0 aromatic rings. The van der Waals surface area contributed by atoms with Gasteiger partial charge in [0.05, 0.1) is 0 Å². The zero-order valence-corrected chi connectivity index (χ0v) is 6.58. The molecular weight excluding hydrogens is 138 g/mol. The molecule has 2 unspecified atom stereocenters. The van der Waals surface area contributed by atoms with E-state index in [2.05, 4.69) is 10.8 Å². The third-order valence-electron chi connectivity index (χ3n) is 2.95. The van der Waals surface area contributed by atoms with Crippen molar-refractivity contribution in [2.24, 2.45) is 0 Å². The number of aliphatic hydroxyl groups is 1. The molecule has 2 fully saturated rings. The maximum Gasteiger partial charge on any atom is 0.141 e. The number of rotatable bonds is 0. The molecule has 2 aliphatic rings. The van der Waals surface area contributed by atoms with Crippen molar-refractivity contribution in [1.82, 2.24) is 4.90 Å². The van der Waals surface area contributed by atoms with Gasteiger partial charge in [-0.05, 0) is 19.4 Å². The van der Waals surface area contributed by atoms with Crippen LogP contribution < -0.4 is 0 Å². The minimum atomic E-state index is -0.809. The van der Waals surface area contributed by atoms with Crippen molar-refractivity contribution in [3.8, 4) is 12.3 Å². The van der Waals surface area contributed by atoms with Gasteiger partial charge < -0.3 is 5.11 Å². The van der Waals surface area contributed by atoms with Gasteiger partial charge in [-0.2, -0.15) is 0 Å². The van der Waals surface area contributed by atoms with E-state index in [1.165, 1.54) is 6.42 Å². The Morgan fingerprint density at radius 1 is 1.55 bits per heavy atom. The Kier molecular flexibility index (Phi) is 1.45. The molecule has 2 atom stereocenters. The predicted octanol–water partition coefficient (Wildman–Crippen LogP) is 0.219. The Morgan fingerprint density at radius 2 is 2.36 bits per heavy atom. The first-order valence-corrected chi connectivity index (χ1v) is 4.20. The number of hydrogen-bond acceptors (Lipinski definition) is 2. The zero-order chi connectivity index (χ0) is 7.90. The Morgan fingerprint density at radius 3 is 3.09 bits per heavy atom. The molecule has 2 rings (SSSR count). The number of hydrogen-bond donors (Lipinski definition) is 1. The highest BCUT2D eigenvalue weighted by Crippen LogP contribution is 2.35. The Balaban J connectivity index is 2.22. The van der Waals surface area contributed by atoms with Gasteiger partial charge in [0.25, 0.3) is 0 Å². The van der Waals surface area contributed by atoms with E-state index in [-0.39, 0.29) is 6.04 Å². The van der Waals surface area contributed by atoms with Gasteiger partial charge in [0.15, 0.2) is 0 Å². The van der Waals surface area contributed by atoms with Gasteiger partial charge in [-0.15, -0.1) is 6.42 Å². The highest BCUT2D eigenvalue weighted by Gasteiger charge is 2.46. The topological polar surface area (TPSA) is 23.5 Å². The average molecular weight is 151 g/mol. The molecule has 0 aromatic carbocycles. The van der Waals surface area contributed by atoms with Crippen LogP contribution in [0.1, 0.15) is 19.3 Å². The monoisotopic (exact) mass is 151 g/mol. The molecule has 2 heteroatoms.